The highest BCUT2D eigenvalue weighted by Crippen LogP contribution is 2.32. The third-order valence-electron chi connectivity index (χ3n) is 3.61. The van der Waals surface area contributed by atoms with Crippen LogP contribution >= 0.6 is 0 Å². The van der Waals surface area contributed by atoms with Gasteiger partial charge in [-0.2, -0.15) is 5.10 Å². The SMILES string of the molecule is CCn1nc(C)nc1[C@H]1CC[C@@H](OC)[C@H](N)C1. The first-order valence-corrected chi connectivity index (χ1v) is 6.35. The number of methoxy groups -OCH3 is 1. The molecule has 0 bridgehead atoms. The minimum atomic E-state index is 0.112. The van der Waals surface area contributed by atoms with Crippen LogP contribution in [0.25, 0.3) is 0 Å². The summed E-state index contributed by atoms with van der Waals surface area (Å²) < 4.78 is 7.38. The average Bonchev–Trinajstić information content (AvgIpc) is 2.70. The van der Waals surface area contributed by atoms with E-state index in [2.05, 4.69) is 17.0 Å². The van der Waals surface area contributed by atoms with Crippen LogP contribution in [0.15, 0.2) is 0 Å². The summed E-state index contributed by atoms with van der Waals surface area (Å²) in [5.74, 6) is 2.37. The first-order chi connectivity index (χ1) is 8.15. The maximum Gasteiger partial charge on any atom is 0.147 e. The third kappa shape index (κ3) is 2.50. The van der Waals surface area contributed by atoms with Gasteiger partial charge in [0.15, 0.2) is 0 Å². The summed E-state index contributed by atoms with van der Waals surface area (Å²) in [5, 5.41) is 4.40. The van der Waals surface area contributed by atoms with Gasteiger partial charge < -0.3 is 10.5 Å². The molecule has 2 N–H and O–H groups in total. The second-order valence-electron chi connectivity index (χ2n) is 4.78. The van der Waals surface area contributed by atoms with E-state index in [-0.39, 0.29) is 12.1 Å². The number of aromatic nitrogens is 3. The normalized spacial score (nSPS) is 29.5. The van der Waals surface area contributed by atoms with Gasteiger partial charge in [0.1, 0.15) is 11.6 Å². The molecule has 0 saturated heterocycles. The lowest BCUT2D eigenvalue weighted by Crippen LogP contribution is -2.41. The summed E-state index contributed by atoms with van der Waals surface area (Å²) in [6.45, 7) is 4.91. The fourth-order valence-electron chi connectivity index (χ4n) is 2.71. The van der Waals surface area contributed by atoms with E-state index in [9.17, 15) is 0 Å². The van der Waals surface area contributed by atoms with E-state index in [4.69, 9.17) is 10.5 Å². The first-order valence-electron chi connectivity index (χ1n) is 6.35. The molecule has 3 atom stereocenters. The molecule has 17 heavy (non-hydrogen) atoms. The zero-order valence-electron chi connectivity index (χ0n) is 10.9. The number of nitrogens with two attached hydrogens (primary N) is 1. The van der Waals surface area contributed by atoms with Crippen LogP contribution in [-0.2, 0) is 11.3 Å². The number of rotatable bonds is 3. The smallest absolute Gasteiger partial charge is 0.147 e. The van der Waals surface area contributed by atoms with Gasteiger partial charge in [-0.05, 0) is 33.1 Å². The predicted molar refractivity (Wildman–Crippen MR) is 65.8 cm³/mol. The van der Waals surface area contributed by atoms with Crippen LogP contribution in [0.3, 0.4) is 0 Å². The van der Waals surface area contributed by atoms with Crippen LogP contribution in [-0.4, -0.2) is 34.0 Å². The Kier molecular flexibility index (Phi) is 3.79. The number of hydrogen-bond donors (Lipinski definition) is 1. The highest BCUT2D eigenvalue weighted by atomic mass is 16.5. The van der Waals surface area contributed by atoms with Gasteiger partial charge in [-0.25, -0.2) is 9.67 Å². The van der Waals surface area contributed by atoms with Crippen LogP contribution in [0.1, 0.15) is 43.8 Å². The molecule has 1 saturated carbocycles. The van der Waals surface area contributed by atoms with Gasteiger partial charge >= 0.3 is 0 Å². The molecule has 0 aliphatic heterocycles. The molecule has 1 aromatic heterocycles. The van der Waals surface area contributed by atoms with E-state index in [1.807, 2.05) is 11.6 Å². The van der Waals surface area contributed by atoms with Crippen molar-refractivity contribution >= 4 is 0 Å². The summed E-state index contributed by atoms with van der Waals surface area (Å²) in [6, 6.07) is 0.112. The molecule has 96 valence electrons. The molecule has 0 amide bonds. The van der Waals surface area contributed by atoms with E-state index >= 15 is 0 Å². The lowest BCUT2D eigenvalue weighted by Gasteiger charge is -2.32. The molecule has 5 heteroatoms. The minimum Gasteiger partial charge on any atom is -0.380 e. The van der Waals surface area contributed by atoms with E-state index in [0.717, 1.165) is 37.5 Å². The van der Waals surface area contributed by atoms with Gasteiger partial charge in [0, 0.05) is 25.6 Å². The largest absolute Gasteiger partial charge is 0.380 e. The van der Waals surface area contributed by atoms with E-state index in [0.29, 0.717) is 5.92 Å². The second kappa shape index (κ2) is 5.14. The molecule has 0 unspecified atom stereocenters. The molecule has 1 heterocycles. The Bertz CT molecular complexity index is 377. The molecule has 2 rings (SSSR count). The number of aryl methyl sites for hydroxylation is 2. The molecule has 0 spiro atoms. The van der Waals surface area contributed by atoms with Crippen molar-refractivity contribution in [3.05, 3.63) is 11.6 Å². The first kappa shape index (κ1) is 12.5. The highest BCUT2D eigenvalue weighted by Gasteiger charge is 2.31. The van der Waals surface area contributed by atoms with Crippen LogP contribution < -0.4 is 5.73 Å². The molecular formula is C12H22N4O. The van der Waals surface area contributed by atoms with Crippen molar-refractivity contribution in [2.45, 2.75) is 57.7 Å². The fourth-order valence-corrected chi connectivity index (χ4v) is 2.71. The number of hydrogen-bond acceptors (Lipinski definition) is 4. The van der Waals surface area contributed by atoms with Gasteiger partial charge in [0.05, 0.1) is 6.10 Å². The second-order valence-corrected chi connectivity index (χ2v) is 4.78. The summed E-state index contributed by atoms with van der Waals surface area (Å²) in [7, 11) is 1.74. The molecule has 1 aromatic rings. The topological polar surface area (TPSA) is 66.0 Å². The molecule has 0 aromatic carbocycles. The number of ether oxygens (including phenoxy) is 1. The number of nitrogens with zero attached hydrogens (tertiary/aromatic N) is 3. The van der Waals surface area contributed by atoms with Crippen LogP contribution in [0.5, 0.6) is 0 Å². The van der Waals surface area contributed by atoms with E-state index in [1.165, 1.54) is 0 Å². The molecule has 1 aliphatic rings. The van der Waals surface area contributed by atoms with Crippen molar-refractivity contribution in [2.75, 3.05) is 7.11 Å². The van der Waals surface area contributed by atoms with Gasteiger partial charge in [0.2, 0.25) is 0 Å². The lowest BCUT2D eigenvalue weighted by molar-refractivity contribution is 0.0480. The zero-order chi connectivity index (χ0) is 12.4. The monoisotopic (exact) mass is 238 g/mol. The maximum atomic E-state index is 6.13. The van der Waals surface area contributed by atoms with Gasteiger partial charge in [0.25, 0.3) is 0 Å². The Morgan fingerprint density at radius 2 is 2.24 bits per heavy atom. The van der Waals surface area contributed by atoms with Crippen LogP contribution in [0, 0.1) is 6.92 Å². The van der Waals surface area contributed by atoms with Crippen LogP contribution in [0.2, 0.25) is 0 Å². The maximum absolute atomic E-state index is 6.13. The van der Waals surface area contributed by atoms with Gasteiger partial charge in [-0.15, -0.1) is 0 Å². The average molecular weight is 238 g/mol. The summed E-state index contributed by atoms with van der Waals surface area (Å²) >= 11 is 0. The Hall–Kier alpha value is -0.940. The Morgan fingerprint density at radius 1 is 1.47 bits per heavy atom. The van der Waals surface area contributed by atoms with E-state index < -0.39 is 0 Å². The Labute approximate surface area is 102 Å². The van der Waals surface area contributed by atoms with Crippen molar-refractivity contribution in [3.8, 4) is 0 Å². The third-order valence-corrected chi connectivity index (χ3v) is 3.61. The summed E-state index contributed by atoms with van der Waals surface area (Å²) in [6.07, 6.45) is 3.24. The van der Waals surface area contributed by atoms with Crippen molar-refractivity contribution in [2.24, 2.45) is 5.73 Å². The van der Waals surface area contributed by atoms with Crippen molar-refractivity contribution in [1.29, 1.82) is 0 Å². The minimum absolute atomic E-state index is 0.112. The standard InChI is InChI=1S/C12H22N4O/c1-4-16-12(14-8(2)15-16)9-5-6-11(17-3)10(13)7-9/h9-11H,4-7,13H2,1-3H3/t9-,10+,11+/m0/s1. The molecule has 1 aliphatic carbocycles. The zero-order valence-corrected chi connectivity index (χ0v) is 10.9. The quantitative estimate of drug-likeness (QED) is 0.859. The predicted octanol–water partition coefficient (Wildman–Crippen LogP) is 1.22. The highest BCUT2D eigenvalue weighted by molar-refractivity contribution is 5.04. The fraction of sp³-hybridized carbons (Fsp3) is 0.833. The van der Waals surface area contributed by atoms with Gasteiger partial charge in [-0.1, -0.05) is 0 Å². The molecule has 0 radical (unpaired) electrons. The molecule has 5 nitrogen and oxygen atoms in total. The van der Waals surface area contributed by atoms with E-state index in [1.54, 1.807) is 7.11 Å². The van der Waals surface area contributed by atoms with Crippen LogP contribution in [0.4, 0.5) is 0 Å². The molecule has 1 fully saturated rings. The summed E-state index contributed by atoms with van der Waals surface area (Å²) in [5.41, 5.74) is 6.13. The van der Waals surface area contributed by atoms with Crippen molar-refractivity contribution in [1.82, 2.24) is 14.8 Å². The van der Waals surface area contributed by atoms with Crippen molar-refractivity contribution in [3.63, 3.8) is 0 Å². The molecular weight excluding hydrogens is 216 g/mol. The summed E-state index contributed by atoms with van der Waals surface area (Å²) in [4.78, 5) is 4.55. The Morgan fingerprint density at radius 3 is 2.82 bits per heavy atom. The Balaban J connectivity index is 2.13. The van der Waals surface area contributed by atoms with Crippen molar-refractivity contribution < 1.29 is 4.74 Å². The lowest BCUT2D eigenvalue weighted by atomic mass is 9.83. The van der Waals surface area contributed by atoms with Gasteiger partial charge in [-0.3, -0.25) is 0 Å².